The van der Waals surface area contributed by atoms with Gasteiger partial charge >= 0.3 is 0 Å². The normalized spacial score (nSPS) is 25.6. The van der Waals surface area contributed by atoms with Crippen LogP contribution in [0.5, 0.6) is 0 Å². The van der Waals surface area contributed by atoms with E-state index in [9.17, 15) is 13.9 Å². The number of anilines is 1. The predicted octanol–water partition coefficient (Wildman–Crippen LogP) is 1.90. The maximum absolute atomic E-state index is 12.8. The molecule has 76 valence electrons. The molecular weight excluding hydrogens is 188 g/mol. The number of hydrogen-bond donors (Lipinski definition) is 2. The molecule has 0 bridgehead atoms. The molecule has 4 heteroatoms. The molecule has 0 heterocycles. The van der Waals surface area contributed by atoms with Crippen molar-refractivity contribution < 1.29 is 13.9 Å². The fraction of sp³-hybridized carbons (Fsp3) is 0.400. The Morgan fingerprint density at radius 1 is 1.21 bits per heavy atom. The smallest absolute Gasteiger partial charge is 0.160 e. The first-order valence-corrected chi connectivity index (χ1v) is 4.56. The average Bonchev–Trinajstić information content (AvgIpc) is 2.17. The second-order valence-electron chi connectivity index (χ2n) is 3.52. The standard InChI is InChI=1S/C10H11F2NO/c11-7-2-1-6(5-8(7)12)13-9-3-4-10(9)14/h1-2,5,9-10,13-14H,3-4H2. The highest BCUT2D eigenvalue weighted by atomic mass is 19.2. The largest absolute Gasteiger partial charge is 0.391 e. The van der Waals surface area contributed by atoms with Gasteiger partial charge in [-0.05, 0) is 25.0 Å². The molecule has 1 aromatic rings. The first-order valence-electron chi connectivity index (χ1n) is 4.56. The van der Waals surface area contributed by atoms with Crippen molar-refractivity contribution in [2.75, 3.05) is 5.32 Å². The molecule has 0 saturated heterocycles. The van der Waals surface area contributed by atoms with E-state index in [4.69, 9.17) is 0 Å². The van der Waals surface area contributed by atoms with Gasteiger partial charge < -0.3 is 10.4 Å². The minimum absolute atomic E-state index is 0.0279. The first kappa shape index (κ1) is 9.40. The summed E-state index contributed by atoms with van der Waals surface area (Å²) in [6.07, 6.45) is 1.25. The van der Waals surface area contributed by atoms with Crippen LogP contribution in [0.25, 0.3) is 0 Å². The molecule has 0 spiro atoms. The molecule has 0 aromatic heterocycles. The van der Waals surface area contributed by atoms with Crippen LogP contribution in [-0.4, -0.2) is 17.3 Å². The van der Waals surface area contributed by atoms with Crippen molar-refractivity contribution in [3.05, 3.63) is 29.8 Å². The Bertz CT molecular complexity index is 343. The van der Waals surface area contributed by atoms with Gasteiger partial charge in [0.15, 0.2) is 11.6 Å². The lowest BCUT2D eigenvalue weighted by Crippen LogP contribution is -2.42. The lowest BCUT2D eigenvalue weighted by Gasteiger charge is -2.33. The molecule has 2 unspecified atom stereocenters. The number of benzene rings is 1. The minimum atomic E-state index is -0.871. The molecule has 1 aromatic carbocycles. The summed E-state index contributed by atoms with van der Waals surface area (Å²) in [5.74, 6) is -1.73. The molecule has 1 aliphatic carbocycles. The summed E-state index contributed by atoms with van der Waals surface area (Å²) in [5, 5.41) is 12.2. The van der Waals surface area contributed by atoms with Crippen LogP contribution in [0, 0.1) is 11.6 Å². The predicted molar refractivity (Wildman–Crippen MR) is 49.0 cm³/mol. The number of aliphatic hydroxyl groups is 1. The second kappa shape index (κ2) is 3.53. The van der Waals surface area contributed by atoms with Gasteiger partial charge in [-0.15, -0.1) is 0 Å². The zero-order valence-electron chi connectivity index (χ0n) is 7.50. The highest BCUT2D eigenvalue weighted by molar-refractivity contribution is 5.45. The molecule has 1 saturated carbocycles. The summed E-state index contributed by atoms with van der Waals surface area (Å²) in [7, 11) is 0. The Balaban J connectivity index is 2.06. The molecular formula is C10H11F2NO. The Kier molecular flexibility index (Phi) is 2.37. The maximum atomic E-state index is 12.8. The fourth-order valence-electron chi connectivity index (χ4n) is 1.45. The highest BCUT2D eigenvalue weighted by Crippen LogP contribution is 2.24. The van der Waals surface area contributed by atoms with Crippen LogP contribution in [0.2, 0.25) is 0 Å². The quantitative estimate of drug-likeness (QED) is 0.762. The summed E-state index contributed by atoms with van der Waals surface area (Å²) in [6.45, 7) is 0. The van der Waals surface area contributed by atoms with Crippen molar-refractivity contribution in [1.82, 2.24) is 0 Å². The molecule has 1 fully saturated rings. The Morgan fingerprint density at radius 2 is 2.00 bits per heavy atom. The van der Waals surface area contributed by atoms with Gasteiger partial charge in [-0.3, -0.25) is 0 Å². The van der Waals surface area contributed by atoms with Crippen LogP contribution < -0.4 is 5.32 Å². The van der Waals surface area contributed by atoms with E-state index in [0.29, 0.717) is 5.69 Å². The third kappa shape index (κ3) is 1.70. The SMILES string of the molecule is OC1CCC1Nc1ccc(F)c(F)c1. The Hall–Kier alpha value is -1.16. The summed E-state index contributed by atoms with van der Waals surface area (Å²) in [6, 6.07) is 3.60. The lowest BCUT2D eigenvalue weighted by molar-refractivity contribution is 0.0786. The van der Waals surface area contributed by atoms with E-state index < -0.39 is 11.6 Å². The van der Waals surface area contributed by atoms with Crippen LogP contribution in [0.4, 0.5) is 14.5 Å². The van der Waals surface area contributed by atoms with Crippen molar-refractivity contribution >= 4 is 5.69 Å². The first-order chi connectivity index (χ1) is 6.66. The van der Waals surface area contributed by atoms with E-state index in [0.717, 1.165) is 25.0 Å². The van der Waals surface area contributed by atoms with E-state index in [1.54, 1.807) is 0 Å². The zero-order valence-corrected chi connectivity index (χ0v) is 7.50. The van der Waals surface area contributed by atoms with Crippen molar-refractivity contribution in [2.45, 2.75) is 25.0 Å². The van der Waals surface area contributed by atoms with Gasteiger partial charge in [-0.1, -0.05) is 0 Å². The van der Waals surface area contributed by atoms with Crippen LogP contribution in [0.1, 0.15) is 12.8 Å². The van der Waals surface area contributed by atoms with Crippen LogP contribution in [-0.2, 0) is 0 Å². The summed E-state index contributed by atoms with van der Waals surface area (Å²) < 4.78 is 25.3. The Labute approximate surface area is 80.6 Å². The van der Waals surface area contributed by atoms with Gasteiger partial charge in [0.1, 0.15) is 0 Å². The van der Waals surface area contributed by atoms with Gasteiger partial charge in [-0.25, -0.2) is 8.78 Å². The van der Waals surface area contributed by atoms with E-state index in [-0.39, 0.29) is 12.1 Å². The van der Waals surface area contributed by atoms with E-state index in [2.05, 4.69) is 5.32 Å². The van der Waals surface area contributed by atoms with Crippen molar-refractivity contribution in [3.8, 4) is 0 Å². The van der Waals surface area contributed by atoms with E-state index >= 15 is 0 Å². The van der Waals surface area contributed by atoms with E-state index in [1.165, 1.54) is 6.07 Å². The molecule has 14 heavy (non-hydrogen) atoms. The maximum Gasteiger partial charge on any atom is 0.160 e. The Morgan fingerprint density at radius 3 is 2.50 bits per heavy atom. The number of halogens is 2. The minimum Gasteiger partial charge on any atom is -0.391 e. The summed E-state index contributed by atoms with van der Waals surface area (Å²) in [4.78, 5) is 0. The molecule has 2 rings (SSSR count). The monoisotopic (exact) mass is 199 g/mol. The van der Waals surface area contributed by atoms with Crippen molar-refractivity contribution in [2.24, 2.45) is 0 Å². The number of rotatable bonds is 2. The molecule has 0 radical (unpaired) electrons. The van der Waals surface area contributed by atoms with E-state index in [1.807, 2.05) is 0 Å². The number of aliphatic hydroxyl groups excluding tert-OH is 1. The molecule has 1 aliphatic rings. The topological polar surface area (TPSA) is 32.3 Å². The second-order valence-corrected chi connectivity index (χ2v) is 3.52. The third-order valence-corrected chi connectivity index (χ3v) is 2.51. The average molecular weight is 199 g/mol. The van der Waals surface area contributed by atoms with Gasteiger partial charge in [-0.2, -0.15) is 0 Å². The molecule has 0 aliphatic heterocycles. The van der Waals surface area contributed by atoms with Gasteiger partial charge in [0, 0.05) is 11.8 Å². The van der Waals surface area contributed by atoms with Crippen LogP contribution in [0.3, 0.4) is 0 Å². The summed E-state index contributed by atoms with van der Waals surface area (Å²) >= 11 is 0. The zero-order chi connectivity index (χ0) is 10.1. The highest BCUT2D eigenvalue weighted by Gasteiger charge is 2.28. The number of nitrogens with one attached hydrogen (secondary N) is 1. The van der Waals surface area contributed by atoms with Crippen molar-refractivity contribution in [1.29, 1.82) is 0 Å². The van der Waals surface area contributed by atoms with Crippen LogP contribution >= 0.6 is 0 Å². The lowest BCUT2D eigenvalue weighted by atomic mass is 9.89. The van der Waals surface area contributed by atoms with Gasteiger partial charge in [0.2, 0.25) is 0 Å². The van der Waals surface area contributed by atoms with Crippen molar-refractivity contribution in [3.63, 3.8) is 0 Å². The van der Waals surface area contributed by atoms with Gasteiger partial charge in [0.25, 0.3) is 0 Å². The summed E-state index contributed by atoms with van der Waals surface area (Å²) in [5.41, 5.74) is 0.507. The molecule has 2 N–H and O–H groups in total. The fourth-order valence-corrected chi connectivity index (χ4v) is 1.45. The molecule has 0 amide bonds. The molecule has 2 atom stereocenters. The molecule has 2 nitrogen and oxygen atoms in total. The number of hydrogen-bond acceptors (Lipinski definition) is 2. The third-order valence-electron chi connectivity index (χ3n) is 2.51. The van der Waals surface area contributed by atoms with Gasteiger partial charge in [0.05, 0.1) is 12.1 Å². The van der Waals surface area contributed by atoms with Crippen LogP contribution in [0.15, 0.2) is 18.2 Å².